The molecule has 1 rings (SSSR count). The lowest BCUT2D eigenvalue weighted by molar-refractivity contribution is -0.143. The van der Waals surface area contributed by atoms with Gasteiger partial charge in [0.15, 0.2) is 0 Å². The van der Waals surface area contributed by atoms with E-state index in [-0.39, 0.29) is 12.6 Å². The Morgan fingerprint density at radius 2 is 2.05 bits per heavy atom. The molecule has 20 heavy (non-hydrogen) atoms. The summed E-state index contributed by atoms with van der Waals surface area (Å²) in [6.07, 6.45) is -4.18. The monoisotopic (exact) mass is 290 g/mol. The largest absolute Gasteiger partial charge is 0.497 e. The number of alkyl halides is 3. The van der Waals surface area contributed by atoms with Crippen molar-refractivity contribution in [2.24, 2.45) is 0 Å². The van der Waals surface area contributed by atoms with E-state index in [0.717, 1.165) is 5.56 Å². The number of likely N-dealkylation sites (N-methyl/N-ethyl adjacent to an activating group) is 2. The van der Waals surface area contributed by atoms with Gasteiger partial charge in [0.05, 0.1) is 13.7 Å². The normalized spacial score (nSPS) is 13.6. The summed E-state index contributed by atoms with van der Waals surface area (Å²) in [5, 5.41) is 3.20. The molecule has 0 fully saturated rings. The van der Waals surface area contributed by atoms with E-state index in [9.17, 15) is 13.2 Å². The summed E-state index contributed by atoms with van der Waals surface area (Å²) < 4.78 is 42.3. The van der Waals surface area contributed by atoms with Crippen LogP contribution >= 0.6 is 0 Å². The van der Waals surface area contributed by atoms with Crippen molar-refractivity contribution in [2.75, 3.05) is 33.8 Å². The second-order valence-corrected chi connectivity index (χ2v) is 4.70. The van der Waals surface area contributed by atoms with Crippen LogP contribution in [-0.2, 0) is 0 Å². The topological polar surface area (TPSA) is 24.5 Å². The molecule has 1 aromatic rings. The lowest BCUT2D eigenvalue weighted by atomic mass is 10.1. The number of hydrogen-bond donors (Lipinski definition) is 1. The highest BCUT2D eigenvalue weighted by atomic mass is 19.4. The molecule has 0 aliphatic carbocycles. The van der Waals surface area contributed by atoms with Gasteiger partial charge in [-0.25, -0.2) is 0 Å². The first-order chi connectivity index (χ1) is 9.35. The van der Waals surface area contributed by atoms with Crippen molar-refractivity contribution in [1.82, 2.24) is 10.2 Å². The van der Waals surface area contributed by atoms with Gasteiger partial charge in [-0.1, -0.05) is 19.1 Å². The van der Waals surface area contributed by atoms with Crippen molar-refractivity contribution >= 4 is 0 Å². The molecule has 3 nitrogen and oxygen atoms in total. The van der Waals surface area contributed by atoms with Crippen LogP contribution in [0.3, 0.4) is 0 Å². The molecule has 0 saturated heterocycles. The van der Waals surface area contributed by atoms with E-state index >= 15 is 0 Å². The fourth-order valence-electron chi connectivity index (χ4n) is 2.07. The molecular formula is C14H21F3N2O. The average molecular weight is 290 g/mol. The van der Waals surface area contributed by atoms with Crippen molar-refractivity contribution in [1.29, 1.82) is 0 Å². The number of nitrogens with zero attached hydrogens (tertiary/aromatic N) is 1. The van der Waals surface area contributed by atoms with Crippen LogP contribution in [0.4, 0.5) is 13.2 Å². The number of rotatable bonds is 7. The number of hydrogen-bond acceptors (Lipinski definition) is 3. The quantitative estimate of drug-likeness (QED) is 0.835. The van der Waals surface area contributed by atoms with Gasteiger partial charge < -0.3 is 10.1 Å². The van der Waals surface area contributed by atoms with Crippen LogP contribution in [0.2, 0.25) is 0 Å². The second kappa shape index (κ2) is 7.50. The van der Waals surface area contributed by atoms with Gasteiger partial charge in [0.1, 0.15) is 5.75 Å². The molecule has 0 radical (unpaired) electrons. The lowest BCUT2D eigenvalue weighted by Gasteiger charge is -2.26. The summed E-state index contributed by atoms with van der Waals surface area (Å²) in [4.78, 5) is 1.27. The third-order valence-corrected chi connectivity index (χ3v) is 2.89. The summed E-state index contributed by atoms with van der Waals surface area (Å²) in [6.45, 7) is 1.97. The van der Waals surface area contributed by atoms with E-state index in [1.54, 1.807) is 7.11 Å². The van der Waals surface area contributed by atoms with Crippen LogP contribution in [0.25, 0.3) is 0 Å². The van der Waals surface area contributed by atoms with Crippen molar-refractivity contribution in [3.05, 3.63) is 29.8 Å². The van der Waals surface area contributed by atoms with Crippen LogP contribution in [0.1, 0.15) is 18.5 Å². The van der Waals surface area contributed by atoms with Gasteiger partial charge in [0.2, 0.25) is 0 Å². The third-order valence-electron chi connectivity index (χ3n) is 2.89. The van der Waals surface area contributed by atoms with Gasteiger partial charge in [-0.05, 0) is 31.3 Å². The molecule has 0 aliphatic heterocycles. The second-order valence-electron chi connectivity index (χ2n) is 4.70. The lowest BCUT2D eigenvalue weighted by Crippen LogP contribution is -2.38. The molecule has 0 heterocycles. The van der Waals surface area contributed by atoms with Crippen LogP contribution in [0.15, 0.2) is 24.3 Å². The molecule has 1 aromatic carbocycles. The Morgan fingerprint density at radius 3 is 2.60 bits per heavy atom. The van der Waals surface area contributed by atoms with E-state index in [2.05, 4.69) is 5.32 Å². The Bertz CT molecular complexity index is 410. The van der Waals surface area contributed by atoms with Gasteiger partial charge in [-0.3, -0.25) is 4.90 Å². The first-order valence-electron chi connectivity index (χ1n) is 6.48. The van der Waals surface area contributed by atoms with Crippen LogP contribution in [0.5, 0.6) is 5.75 Å². The van der Waals surface area contributed by atoms with Gasteiger partial charge in [-0.15, -0.1) is 0 Å². The van der Waals surface area contributed by atoms with Gasteiger partial charge in [0, 0.05) is 12.6 Å². The molecule has 1 N–H and O–H groups in total. The van der Waals surface area contributed by atoms with Crippen LogP contribution < -0.4 is 10.1 Å². The van der Waals surface area contributed by atoms with E-state index < -0.39 is 12.7 Å². The standard InChI is InChI=1S/C14H21F3N2O/c1-4-18-13(9-19(2)10-14(15,16)17)11-6-5-7-12(8-11)20-3/h5-8,13,18H,4,9-10H2,1-3H3. The predicted molar refractivity (Wildman–Crippen MR) is 73.0 cm³/mol. The Kier molecular flexibility index (Phi) is 6.29. The Labute approximate surface area is 117 Å². The number of benzene rings is 1. The zero-order valence-corrected chi connectivity index (χ0v) is 12.0. The SMILES string of the molecule is CCNC(CN(C)CC(F)(F)F)c1cccc(OC)c1. The smallest absolute Gasteiger partial charge is 0.401 e. The summed E-state index contributed by atoms with van der Waals surface area (Å²) in [5.74, 6) is 0.698. The Hall–Kier alpha value is -1.27. The van der Waals surface area contributed by atoms with Gasteiger partial charge in [-0.2, -0.15) is 13.2 Å². The zero-order chi connectivity index (χ0) is 15.2. The number of nitrogens with one attached hydrogen (secondary N) is 1. The van der Waals surface area contributed by atoms with Gasteiger partial charge >= 0.3 is 6.18 Å². The van der Waals surface area contributed by atoms with E-state index in [0.29, 0.717) is 12.3 Å². The Balaban J connectivity index is 2.77. The molecule has 0 aromatic heterocycles. The first-order valence-corrected chi connectivity index (χ1v) is 6.48. The van der Waals surface area contributed by atoms with E-state index in [1.165, 1.54) is 11.9 Å². The average Bonchev–Trinajstić information content (AvgIpc) is 2.36. The summed E-state index contributed by atoms with van der Waals surface area (Å²) in [6, 6.07) is 7.21. The predicted octanol–water partition coefficient (Wildman–Crippen LogP) is 2.84. The number of methoxy groups -OCH3 is 1. The summed E-state index contributed by atoms with van der Waals surface area (Å²) in [5.41, 5.74) is 0.917. The molecule has 0 amide bonds. The van der Waals surface area contributed by atoms with Crippen molar-refractivity contribution in [3.8, 4) is 5.75 Å². The molecule has 6 heteroatoms. The third kappa shape index (κ3) is 5.79. The fourth-order valence-corrected chi connectivity index (χ4v) is 2.07. The number of ether oxygens (including phenoxy) is 1. The minimum Gasteiger partial charge on any atom is -0.497 e. The molecule has 1 atom stereocenters. The fraction of sp³-hybridized carbons (Fsp3) is 0.571. The molecule has 114 valence electrons. The molecule has 0 aliphatic rings. The molecule has 1 unspecified atom stereocenters. The minimum absolute atomic E-state index is 0.164. The van der Waals surface area contributed by atoms with Crippen LogP contribution in [-0.4, -0.2) is 44.9 Å². The van der Waals surface area contributed by atoms with Crippen molar-refractivity contribution in [2.45, 2.75) is 19.1 Å². The molecule has 0 bridgehead atoms. The summed E-state index contributed by atoms with van der Waals surface area (Å²) >= 11 is 0. The van der Waals surface area contributed by atoms with E-state index in [1.807, 2.05) is 31.2 Å². The zero-order valence-electron chi connectivity index (χ0n) is 12.0. The maximum absolute atomic E-state index is 12.4. The number of halogens is 3. The van der Waals surface area contributed by atoms with Crippen LogP contribution in [0, 0.1) is 0 Å². The molecule has 0 spiro atoms. The Morgan fingerprint density at radius 1 is 1.35 bits per heavy atom. The highest BCUT2D eigenvalue weighted by Crippen LogP contribution is 2.21. The summed E-state index contributed by atoms with van der Waals surface area (Å²) in [7, 11) is 3.04. The highest BCUT2D eigenvalue weighted by molar-refractivity contribution is 5.30. The maximum Gasteiger partial charge on any atom is 0.401 e. The van der Waals surface area contributed by atoms with Gasteiger partial charge in [0.25, 0.3) is 0 Å². The van der Waals surface area contributed by atoms with E-state index in [4.69, 9.17) is 4.74 Å². The highest BCUT2D eigenvalue weighted by Gasteiger charge is 2.30. The first kappa shape index (κ1) is 16.8. The van der Waals surface area contributed by atoms with Crippen molar-refractivity contribution in [3.63, 3.8) is 0 Å². The minimum atomic E-state index is -4.18. The van der Waals surface area contributed by atoms with Crippen molar-refractivity contribution < 1.29 is 17.9 Å². The molecule has 0 saturated carbocycles. The maximum atomic E-state index is 12.4. The molecular weight excluding hydrogens is 269 g/mol.